The van der Waals surface area contributed by atoms with Crippen LogP contribution in [0.1, 0.15) is 19.4 Å². The third-order valence-electron chi connectivity index (χ3n) is 4.58. The summed E-state index contributed by atoms with van der Waals surface area (Å²) in [7, 11) is 2.17. The van der Waals surface area contributed by atoms with E-state index in [2.05, 4.69) is 82.0 Å². The highest BCUT2D eigenvalue weighted by molar-refractivity contribution is 5.51. The Kier molecular flexibility index (Phi) is 5.30. The monoisotopic (exact) mass is 325 g/mol. The molecule has 24 heavy (non-hydrogen) atoms. The lowest BCUT2D eigenvalue weighted by atomic mass is 10.2. The number of nitrogens with zero attached hydrogens (tertiary/aromatic N) is 5. The predicted octanol–water partition coefficient (Wildman–Crippen LogP) is 2.64. The zero-order valence-corrected chi connectivity index (χ0v) is 14.9. The SMILES string of the molecule is CC(C)N(Cc1ccccc1)c1cc(N2CCN(C)CC2)ncn1. The molecule has 0 atom stereocenters. The molecule has 0 amide bonds. The Morgan fingerprint density at radius 2 is 1.75 bits per heavy atom. The van der Waals surface area contributed by atoms with Gasteiger partial charge < -0.3 is 14.7 Å². The van der Waals surface area contributed by atoms with Gasteiger partial charge in [0.2, 0.25) is 0 Å². The lowest BCUT2D eigenvalue weighted by Crippen LogP contribution is -2.45. The van der Waals surface area contributed by atoms with E-state index >= 15 is 0 Å². The highest BCUT2D eigenvalue weighted by atomic mass is 15.3. The lowest BCUT2D eigenvalue weighted by Gasteiger charge is -2.34. The molecule has 1 aliphatic rings. The van der Waals surface area contributed by atoms with Gasteiger partial charge in [-0.1, -0.05) is 30.3 Å². The minimum atomic E-state index is 0.375. The average molecular weight is 325 g/mol. The summed E-state index contributed by atoms with van der Waals surface area (Å²) in [5, 5.41) is 0. The summed E-state index contributed by atoms with van der Waals surface area (Å²) in [6.45, 7) is 9.48. The van der Waals surface area contributed by atoms with Crippen molar-refractivity contribution in [1.82, 2.24) is 14.9 Å². The maximum absolute atomic E-state index is 4.54. The maximum atomic E-state index is 4.54. The molecule has 1 saturated heterocycles. The molecular formula is C19H27N5. The summed E-state index contributed by atoms with van der Waals surface area (Å²) in [5.74, 6) is 2.03. The second kappa shape index (κ2) is 7.62. The number of hydrogen-bond donors (Lipinski definition) is 0. The minimum absolute atomic E-state index is 0.375. The highest BCUT2D eigenvalue weighted by Crippen LogP contribution is 2.22. The fourth-order valence-electron chi connectivity index (χ4n) is 3.01. The molecule has 0 radical (unpaired) electrons. The van der Waals surface area contributed by atoms with Gasteiger partial charge in [-0.25, -0.2) is 9.97 Å². The second-order valence-electron chi connectivity index (χ2n) is 6.73. The zero-order valence-electron chi connectivity index (χ0n) is 14.9. The number of anilines is 2. The molecule has 5 nitrogen and oxygen atoms in total. The smallest absolute Gasteiger partial charge is 0.134 e. The van der Waals surface area contributed by atoms with Crippen LogP contribution in [-0.4, -0.2) is 54.1 Å². The summed E-state index contributed by atoms with van der Waals surface area (Å²) in [4.78, 5) is 16.1. The van der Waals surface area contributed by atoms with Gasteiger partial charge in [-0.15, -0.1) is 0 Å². The van der Waals surface area contributed by atoms with E-state index in [0.29, 0.717) is 6.04 Å². The molecule has 1 fully saturated rings. The van der Waals surface area contributed by atoms with Crippen LogP contribution in [0.3, 0.4) is 0 Å². The van der Waals surface area contributed by atoms with Gasteiger partial charge in [0.05, 0.1) is 0 Å². The third-order valence-corrected chi connectivity index (χ3v) is 4.58. The Labute approximate surface area is 144 Å². The van der Waals surface area contributed by atoms with Gasteiger partial charge in [0.1, 0.15) is 18.0 Å². The summed E-state index contributed by atoms with van der Waals surface area (Å²) in [5.41, 5.74) is 1.30. The Balaban J connectivity index is 1.79. The number of piperazine rings is 1. The molecule has 1 aliphatic heterocycles. The molecule has 1 aromatic carbocycles. The van der Waals surface area contributed by atoms with Gasteiger partial charge in [-0.2, -0.15) is 0 Å². The van der Waals surface area contributed by atoms with E-state index in [9.17, 15) is 0 Å². The summed E-state index contributed by atoms with van der Waals surface area (Å²) < 4.78 is 0. The first-order valence-electron chi connectivity index (χ1n) is 8.69. The Bertz CT molecular complexity index is 635. The number of likely N-dealkylation sites (N-methyl/N-ethyl adjacent to an activating group) is 1. The molecule has 1 aromatic heterocycles. The van der Waals surface area contributed by atoms with Crippen molar-refractivity contribution in [3.05, 3.63) is 48.3 Å². The first-order valence-corrected chi connectivity index (χ1v) is 8.69. The van der Waals surface area contributed by atoms with Crippen LogP contribution in [-0.2, 0) is 6.54 Å². The summed E-state index contributed by atoms with van der Waals surface area (Å²) >= 11 is 0. The number of aromatic nitrogens is 2. The zero-order chi connectivity index (χ0) is 16.9. The van der Waals surface area contributed by atoms with Crippen LogP contribution in [0.4, 0.5) is 11.6 Å². The molecule has 0 saturated carbocycles. The van der Waals surface area contributed by atoms with Crippen LogP contribution < -0.4 is 9.80 Å². The van der Waals surface area contributed by atoms with Crippen molar-refractivity contribution < 1.29 is 0 Å². The van der Waals surface area contributed by atoms with Crippen LogP contribution in [0.25, 0.3) is 0 Å². The third kappa shape index (κ3) is 4.03. The number of rotatable bonds is 5. The van der Waals surface area contributed by atoms with Crippen molar-refractivity contribution in [3.63, 3.8) is 0 Å². The van der Waals surface area contributed by atoms with Gasteiger partial charge in [0, 0.05) is 44.8 Å². The normalized spacial score (nSPS) is 15.8. The van der Waals surface area contributed by atoms with E-state index in [4.69, 9.17) is 0 Å². The number of benzene rings is 1. The standard InChI is InChI=1S/C19H27N5/c1-16(2)24(14-17-7-5-4-6-8-17)19-13-18(20-15-21-19)23-11-9-22(3)10-12-23/h4-8,13,15-16H,9-12,14H2,1-3H3. The van der Waals surface area contributed by atoms with Crippen LogP contribution in [0.2, 0.25) is 0 Å². The van der Waals surface area contributed by atoms with Crippen molar-refractivity contribution in [2.75, 3.05) is 43.0 Å². The van der Waals surface area contributed by atoms with Gasteiger partial charge >= 0.3 is 0 Å². The van der Waals surface area contributed by atoms with E-state index in [1.807, 2.05) is 0 Å². The molecule has 2 heterocycles. The predicted molar refractivity (Wildman–Crippen MR) is 99.5 cm³/mol. The van der Waals surface area contributed by atoms with Gasteiger partial charge in [-0.3, -0.25) is 0 Å². The molecule has 2 aromatic rings. The fraction of sp³-hybridized carbons (Fsp3) is 0.474. The fourth-order valence-corrected chi connectivity index (χ4v) is 3.01. The average Bonchev–Trinajstić information content (AvgIpc) is 2.61. The van der Waals surface area contributed by atoms with Gasteiger partial charge in [-0.05, 0) is 26.5 Å². The van der Waals surface area contributed by atoms with Crippen molar-refractivity contribution in [2.24, 2.45) is 0 Å². The lowest BCUT2D eigenvalue weighted by molar-refractivity contribution is 0.312. The van der Waals surface area contributed by atoms with Crippen molar-refractivity contribution in [1.29, 1.82) is 0 Å². The van der Waals surface area contributed by atoms with E-state index in [0.717, 1.165) is 44.4 Å². The van der Waals surface area contributed by atoms with Crippen molar-refractivity contribution in [2.45, 2.75) is 26.4 Å². The van der Waals surface area contributed by atoms with Gasteiger partial charge in [0.15, 0.2) is 0 Å². The molecular weight excluding hydrogens is 298 g/mol. The molecule has 128 valence electrons. The second-order valence-corrected chi connectivity index (χ2v) is 6.73. The van der Waals surface area contributed by atoms with E-state index in [1.165, 1.54) is 5.56 Å². The molecule has 0 spiro atoms. The molecule has 0 N–H and O–H groups in total. The van der Waals surface area contributed by atoms with Crippen molar-refractivity contribution in [3.8, 4) is 0 Å². The molecule has 0 aliphatic carbocycles. The summed E-state index contributed by atoms with van der Waals surface area (Å²) in [6, 6.07) is 13.1. The molecule has 0 bridgehead atoms. The maximum Gasteiger partial charge on any atom is 0.134 e. The first-order chi connectivity index (χ1) is 11.6. The molecule has 0 unspecified atom stereocenters. The topological polar surface area (TPSA) is 35.5 Å². The quantitative estimate of drug-likeness (QED) is 0.844. The largest absolute Gasteiger partial charge is 0.354 e. The van der Waals surface area contributed by atoms with Crippen LogP contribution in [0.15, 0.2) is 42.7 Å². The molecule has 3 rings (SSSR count). The van der Waals surface area contributed by atoms with Crippen molar-refractivity contribution >= 4 is 11.6 Å². The minimum Gasteiger partial charge on any atom is -0.354 e. The van der Waals surface area contributed by atoms with E-state index in [1.54, 1.807) is 6.33 Å². The van der Waals surface area contributed by atoms with Crippen LogP contribution in [0.5, 0.6) is 0 Å². The highest BCUT2D eigenvalue weighted by Gasteiger charge is 2.18. The van der Waals surface area contributed by atoms with Crippen LogP contribution in [0, 0.1) is 0 Å². The molecule has 5 heteroatoms. The Morgan fingerprint density at radius 1 is 1.04 bits per heavy atom. The summed E-state index contributed by atoms with van der Waals surface area (Å²) in [6.07, 6.45) is 1.70. The van der Waals surface area contributed by atoms with E-state index < -0.39 is 0 Å². The van der Waals surface area contributed by atoms with E-state index in [-0.39, 0.29) is 0 Å². The number of hydrogen-bond acceptors (Lipinski definition) is 5. The Hall–Kier alpha value is -2.14. The first kappa shape index (κ1) is 16.7. The Morgan fingerprint density at radius 3 is 2.42 bits per heavy atom. The van der Waals surface area contributed by atoms with Gasteiger partial charge in [0.25, 0.3) is 0 Å². The van der Waals surface area contributed by atoms with Crippen LogP contribution >= 0.6 is 0 Å².